The lowest BCUT2D eigenvalue weighted by atomic mass is 10.1. The molecule has 1 aliphatic heterocycles. The van der Waals surface area contributed by atoms with Crippen LogP contribution in [0.1, 0.15) is 24.5 Å². The maximum Gasteiger partial charge on any atom is 0.196 e. The number of nitrogens with one attached hydrogen (secondary N) is 2. The Morgan fingerprint density at radius 3 is 2.65 bits per heavy atom. The number of fused-ring (bicyclic) bond motifs is 1. The minimum Gasteiger partial charge on any atom is -0.490 e. The third kappa shape index (κ3) is 5.79. The van der Waals surface area contributed by atoms with E-state index in [0.717, 1.165) is 36.1 Å². The standard InChI is InChI=1S/C20H25N3O2.HI/c1-3-21-20(22-14-16-7-4-6-15(2)12-16)23-17-8-9-18-19(13-17)25-11-5-10-24-18;/h4,6-9,12-13H,3,5,10-11,14H2,1-2H3,(H2,21,22,23);1H. The van der Waals surface area contributed by atoms with Crippen molar-refractivity contribution in [3.8, 4) is 11.5 Å². The van der Waals surface area contributed by atoms with Gasteiger partial charge in [0.2, 0.25) is 0 Å². The molecule has 0 atom stereocenters. The minimum atomic E-state index is 0. The van der Waals surface area contributed by atoms with Gasteiger partial charge in [-0.2, -0.15) is 0 Å². The maximum absolute atomic E-state index is 5.75. The SMILES string of the molecule is CCNC(=NCc1cccc(C)c1)Nc1ccc2c(c1)OCCCO2.I. The van der Waals surface area contributed by atoms with Gasteiger partial charge >= 0.3 is 0 Å². The molecule has 0 bridgehead atoms. The number of ether oxygens (including phenoxy) is 2. The Morgan fingerprint density at radius 1 is 1.08 bits per heavy atom. The number of hydrogen-bond donors (Lipinski definition) is 2. The highest BCUT2D eigenvalue weighted by atomic mass is 127. The molecule has 1 aliphatic rings. The van der Waals surface area contributed by atoms with Gasteiger partial charge in [-0.15, -0.1) is 24.0 Å². The molecule has 0 aliphatic carbocycles. The van der Waals surface area contributed by atoms with Gasteiger partial charge in [-0.3, -0.25) is 0 Å². The van der Waals surface area contributed by atoms with E-state index in [1.807, 2.05) is 18.2 Å². The molecule has 0 amide bonds. The average molecular weight is 467 g/mol. The van der Waals surface area contributed by atoms with E-state index in [4.69, 9.17) is 9.47 Å². The van der Waals surface area contributed by atoms with Gasteiger partial charge in [-0.05, 0) is 31.5 Å². The molecule has 140 valence electrons. The Morgan fingerprint density at radius 2 is 1.88 bits per heavy atom. The van der Waals surface area contributed by atoms with Crippen LogP contribution in [0.2, 0.25) is 0 Å². The fourth-order valence-electron chi connectivity index (χ4n) is 2.67. The van der Waals surface area contributed by atoms with Crippen LogP contribution in [0.15, 0.2) is 47.5 Å². The minimum absolute atomic E-state index is 0. The molecule has 2 aromatic carbocycles. The molecule has 6 heteroatoms. The zero-order valence-corrected chi connectivity index (χ0v) is 17.6. The third-order valence-corrected chi connectivity index (χ3v) is 3.86. The van der Waals surface area contributed by atoms with Gasteiger partial charge in [0.05, 0.1) is 19.8 Å². The molecular formula is C20H26IN3O2. The van der Waals surface area contributed by atoms with Crippen molar-refractivity contribution in [1.82, 2.24) is 5.32 Å². The molecule has 0 saturated carbocycles. The fourth-order valence-corrected chi connectivity index (χ4v) is 2.67. The number of halogens is 1. The number of benzene rings is 2. The van der Waals surface area contributed by atoms with Crippen molar-refractivity contribution in [3.63, 3.8) is 0 Å². The average Bonchev–Trinajstić information content (AvgIpc) is 2.85. The summed E-state index contributed by atoms with van der Waals surface area (Å²) in [5, 5.41) is 6.61. The zero-order valence-electron chi connectivity index (χ0n) is 15.2. The van der Waals surface area contributed by atoms with Gasteiger partial charge in [-0.1, -0.05) is 29.8 Å². The lowest BCUT2D eigenvalue weighted by molar-refractivity contribution is 0.297. The third-order valence-electron chi connectivity index (χ3n) is 3.86. The highest BCUT2D eigenvalue weighted by Crippen LogP contribution is 2.32. The van der Waals surface area contributed by atoms with Gasteiger partial charge in [0.1, 0.15) is 0 Å². The fraction of sp³-hybridized carbons (Fsp3) is 0.350. The molecule has 0 saturated heterocycles. The smallest absolute Gasteiger partial charge is 0.196 e. The Hall–Kier alpha value is -1.96. The highest BCUT2D eigenvalue weighted by Gasteiger charge is 2.11. The first kappa shape index (κ1) is 20.4. The Kier molecular flexibility index (Phi) is 8.03. The van der Waals surface area contributed by atoms with E-state index >= 15 is 0 Å². The number of anilines is 1. The summed E-state index contributed by atoms with van der Waals surface area (Å²) >= 11 is 0. The van der Waals surface area contributed by atoms with Crippen molar-refractivity contribution >= 4 is 35.6 Å². The number of hydrogen-bond acceptors (Lipinski definition) is 3. The summed E-state index contributed by atoms with van der Waals surface area (Å²) in [6.45, 7) is 6.94. The van der Waals surface area contributed by atoms with Gasteiger partial charge in [0, 0.05) is 24.7 Å². The van der Waals surface area contributed by atoms with E-state index in [1.165, 1.54) is 11.1 Å². The molecule has 2 aromatic rings. The lowest BCUT2D eigenvalue weighted by Crippen LogP contribution is -2.30. The van der Waals surface area contributed by atoms with E-state index < -0.39 is 0 Å². The van der Waals surface area contributed by atoms with Crippen LogP contribution in [0.25, 0.3) is 0 Å². The van der Waals surface area contributed by atoms with Crippen molar-refractivity contribution in [2.75, 3.05) is 25.1 Å². The quantitative estimate of drug-likeness (QED) is 0.399. The van der Waals surface area contributed by atoms with E-state index in [-0.39, 0.29) is 24.0 Å². The van der Waals surface area contributed by atoms with E-state index in [0.29, 0.717) is 19.8 Å². The normalized spacial score (nSPS) is 13.4. The van der Waals surface area contributed by atoms with Crippen LogP contribution in [-0.2, 0) is 6.54 Å². The molecular weight excluding hydrogens is 441 g/mol. The first-order valence-electron chi connectivity index (χ1n) is 8.75. The number of aryl methyl sites for hydroxylation is 1. The summed E-state index contributed by atoms with van der Waals surface area (Å²) in [6.07, 6.45) is 0.901. The summed E-state index contributed by atoms with van der Waals surface area (Å²) in [7, 11) is 0. The summed E-state index contributed by atoms with van der Waals surface area (Å²) in [6, 6.07) is 14.3. The lowest BCUT2D eigenvalue weighted by Gasteiger charge is -2.14. The predicted octanol–water partition coefficient (Wildman–Crippen LogP) is 4.35. The van der Waals surface area contributed by atoms with Crippen molar-refractivity contribution < 1.29 is 9.47 Å². The molecule has 1 heterocycles. The van der Waals surface area contributed by atoms with E-state index in [9.17, 15) is 0 Å². The van der Waals surface area contributed by atoms with Crippen LogP contribution in [0.3, 0.4) is 0 Å². The number of nitrogens with zero attached hydrogens (tertiary/aromatic N) is 1. The predicted molar refractivity (Wildman–Crippen MR) is 117 cm³/mol. The van der Waals surface area contributed by atoms with Crippen molar-refractivity contribution in [2.45, 2.75) is 26.8 Å². The monoisotopic (exact) mass is 467 g/mol. The van der Waals surface area contributed by atoms with Gasteiger partial charge in [-0.25, -0.2) is 4.99 Å². The molecule has 0 aromatic heterocycles. The first-order valence-corrected chi connectivity index (χ1v) is 8.75. The summed E-state index contributed by atoms with van der Waals surface area (Å²) in [5.74, 6) is 2.32. The van der Waals surface area contributed by atoms with Crippen LogP contribution in [0, 0.1) is 6.92 Å². The zero-order chi connectivity index (χ0) is 17.5. The van der Waals surface area contributed by atoms with Crippen LogP contribution in [0.4, 0.5) is 5.69 Å². The number of aliphatic imine (C=N–C) groups is 1. The van der Waals surface area contributed by atoms with Crippen LogP contribution >= 0.6 is 24.0 Å². The topological polar surface area (TPSA) is 54.9 Å². The summed E-state index contributed by atoms with van der Waals surface area (Å²) in [4.78, 5) is 4.67. The maximum atomic E-state index is 5.75. The van der Waals surface area contributed by atoms with Gasteiger partial charge in [0.25, 0.3) is 0 Å². The Bertz CT molecular complexity index is 750. The molecule has 3 rings (SSSR count). The second-order valence-electron chi connectivity index (χ2n) is 6.02. The van der Waals surface area contributed by atoms with Crippen molar-refractivity contribution in [1.29, 1.82) is 0 Å². The van der Waals surface area contributed by atoms with Gasteiger partial charge in [0.15, 0.2) is 17.5 Å². The molecule has 5 nitrogen and oxygen atoms in total. The number of guanidine groups is 1. The molecule has 0 fully saturated rings. The van der Waals surface area contributed by atoms with Crippen LogP contribution in [0.5, 0.6) is 11.5 Å². The van der Waals surface area contributed by atoms with Crippen molar-refractivity contribution in [2.24, 2.45) is 4.99 Å². The second-order valence-corrected chi connectivity index (χ2v) is 6.02. The van der Waals surface area contributed by atoms with Crippen LogP contribution in [-0.4, -0.2) is 25.7 Å². The molecule has 26 heavy (non-hydrogen) atoms. The molecule has 2 N–H and O–H groups in total. The van der Waals surface area contributed by atoms with E-state index in [2.05, 4.69) is 53.7 Å². The number of rotatable bonds is 4. The van der Waals surface area contributed by atoms with Crippen LogP contribution < -0.4 is 20.1 Å². The van der Waals surface area contributed by atoms with Gasteiger partial charge < -0.3 is 20.1 Å². The highest BCUT2D eigenvalue weighted by molar-refractivity contribution is 14.0. The summed E-state index contributed by atoms with van der Waals surface area (Å²) in [5.41, 5.74) is 3.36. The molecule has 0 spiro atoms. The van der Waals surface area contributed by atoms with E-state index in [1.54, 1.807) is 0 Å². The van der Waals surface area contributed by atoms with Crippen molar-refractivity contribution in [3.05, 3.63) is 53.6 Å². The molecule has 0 radical (unpaired) electrons. The second kappa shape index (κ2) is 10.3. The Labute approximate surface area is 172 Å². The largest absolute Gasteiger partial charge is 0.490 e. The first-order chi connectivity index (χ1) is 12.2. The summed E-state index contributed by atoms with van der Waals surface area (Å²) < 4.78 is 11.4. The molecule has 0 unspecified atom stereocenters. The Balaban J connectivity index is 0.00000243.